The summed E-state index contributed by atoms with van der Waals surface area (Å²) < 4.78 is 9.85. The highest BCUT2D eigenvalue weighted by Crippen LogP contribution is 2.25. The first kappa shape index (κ1) is 27.7. The SMILES string of the molecule is CCN(C(=O)C(NC(=O)OC(C)(C)C)C(C)C)C(C(=O)NCC(=O)OC)c1ccc(O)cc1. The summed E-state index contributed by atoms with van der Waals surface area (Å²) in [5.41, 5.74) is -0.327. The van der Waals surface area contributed by atoms with Crippen molar-refractivity contribution >= 4 is 23.9 Å². The lowest BCUT2D eigenvalue weighted by atomic mass is 9.99. The minimum absolute atomic E-state index is 0.00602. The molecule has 0 aromatic heterocycles. The molecule has 0 fully saturated rings. The van der Waals surface area contributed by atoms with E-state index in [1.165, 1.54) is 36.3 Å². The second kappa shape index (κ2) is 12.1. The standard InChI is InChI=1S/C23H35N3O7/c1-8-26(21(30)18(14(2)3)25-22(31)33-23(4,5)6)19(15-9-11-16(27)12-10-15)20(29)24-13-17(28)32-7/h9-12,14,18-19,27H,8,13H2,1-7H3,(H,24,29)(H,25,31). The number of hydrogen-bond acceptors (Lipinski definition) is 7. The lowest BCUT2D eigenvalue weighted by molar-refractivity contribution is -0.145. The minimum Gasteiger partial charge on any atom is -0.508 e. The summed E-state index contributed by atoms with van der Waals surface area (Å²) in [4.78, 5) is 51.8. The molecule has 1 aromatic carbocycles. The van der Waals surface area contributed by atoms with Gasteiger partial charge in [-0.1, -0.05) is 26.0 Å². The van der Waals surface area contributed by atoms with Crippen molar-refractivity contribution in [2.75, 3.05) is 20.2 Å². The van der Waals surface area contributed by atoms with Crippen LogP contribution in [-0.4, -0.2) is 65.7 Å². The van der Waals surface area contributed by atoms with Crippen molar-refractivity contribution in [3.63, 3.8) is 0 Å². The van der Waals surface area contributed by atoms with Crippen LogP contribution in [-0.2, 0) is 23.9 Å². The predicted molar refractivity (Wildman–Crippen MR) is 121 cm³/mol. The van der Waals surface area contributed by atoms with Crippen molar-refractivity contribution in [2.45, 2.75) is 59.2 Å². The molecule has 3 N–H and O–H groups in total. The van der Waals surface area contributed by atoms with Gasteiger partial charge < -0.3 is 30.1 Å². The van der Waals surface area contributed by atoms with Crippen molar-refractivity contribution in [3.8, 4) is 5.75 Å². The Morgan fingerprint density at radius 1 is 1.09 bits per heavy atom. The number of carbonyl (C=O) groups excluding carboxylic acids is 4. The third kappa shape index (κ3) is 8.63. The van der Waals surface area contributed by atoms with E-state index in [4.69, 9.17) is 4.74 Å². The average Bonchev–Trinajstić information content (AvgIpc) is 2.72. The third-order valence-corrected chi connectivity index (χ3v) is 4.63. The second-order valence-electron chi connectivity index (χ2n) is 8.78. The van der Waals surface area contributed by atoms with Crippen LogP contribution in [0.5, 0.6) is 5.75 Å². The quantitative estimate of drug-likeness (QED) is 0.476. The molecule has 0 bridgehead atoms. The van der Waals surface area contributed by atoms with E-state index in [2.05, 4.69) is 15.4 Å². The number of carbonyl (C=O) groups is 4. The summed E-state index contributed by atoms with van der Waals surface area (Å²) in [6.45, 7) is 10.1. The van der Waals surface area contributed by atoms with Gasteiger partial charge in [0.1, 0.15) is 30.0 Å². The number of nitrogens with one attached hydrogen (secondary N) is 2. The van der Waals surface area contributed by atoms with Gasteiger partial charge in [-0.15, -0.1) is 0 Å². The number of alkyl carbamates (subject to hydrolysis) is 1. The molecule has 1 aromatic rings. The highest BCUT2D eigenvalue weighted by atomic mass is 16.6. The van der Waals surface area contributed by atoms with Gasteiger partial charge in [0, 0.05) is 6.54 Å². The number of esters is 1. The molecule has 0 heterocycles. The van der Waals surface area contributed by atoms with Crippen LogP contribution in [0.4, 0.5) is 4.79 Å². The molecule has 0 saturated carbocycles. The molecule has 184 valence electrons. The molecule has 0 aliphatic rings. The van der Waals surface area contributed by atoms with E-state index in [-0.39, 0.29) is 24.8 Å². The maximum absolute atomic E-state index is 13.5. The fourth-order valence-corrected chi connectivity index (χ4v) is 3.05. The molecule has 0 aliphatic heterocycles. The third-order valence-electron chi connectivity index (χ3n) is 4.63. The number of aromatic hydroxyl groups is 1. The second-order valence-corrected chi connectivity index (χ2v) is 8.78. The van der Waals surface area contributed by atoms with E-state index in [1.54, 1.807) is 41.5 Å². The summed E-state index contributed by atoms with van der Waals surface area (Å²) >= 11 is 0. The number of phenols is 1. The van der Waals surface area contributed by atoms with E-state index in [0.717, 1.165) is 0 Å². The summed E-state index contributed by atoms with van der Waals surface area (Å²) in [5.74, 6) is -2.06. The van der Waals surface area contributed by atoms with Gasteiger partial charge in [0.2, 0.25) is 11.8 Å². The maximum atomic E-state index is 13.5. The first-order valence-electron chi connectivity index (χ1n) is 10.7. The number of ether oxygens (including phenoxy) is 2. The van der Waals surface area contributed by atoms with Gasteiger partial charge in [0.25, 0.3) is 0 Å². The zero-order chi connectivity index (χ0) is 25.3. The van der Waals surface area contributed by atoms with Gasteiger partial charge in [-0.3, -0.25) is 14.4 Å². The van der Waals surface area contributed by atoms with Crippen LogP contribution in [0.25, 0.3) is 0 Å². The van der Waals surface area contributed by atoms with Crippen LogP contribution in [0.2, 0.25) is 0 Å². The van der Waals surface area contributed by atoms with Crippen molar-refractivity contribution in [1.82, 2.24) is 15.5 Å². The lowest BCUT2D eigenvalue weighted by Crippen LogP contribution is -2.55. The van der Waals surface area contributed by atoms with Crippen LogP contribution >= 0.6 is 0 Å². The highest BCUT2D eigenvalue weighted by molar-refractivity contribution is 5.93. The summed E-state index contributed by atoms with van der Waals surface area (Å²) in [7, 11) is 1.20. The Morgan fingerprint density at radius 3 is 2.12 bits per heavy atom. The van der Waals surface area contributed by atoms with E-state index >= 15 is 0 Å². The Balaban J connectivity index is 3.29. The molecular weight excluding hydrogens is 430 g/mol. The number of rotatable bonds is 9. The Labute approximate surface area is 194 Å². The van der Waals surface area contributed by atoms with Crippen LogP contribution in [0.15, 0.2) is 24.3 Å². The zero-order valence-corrected chi connectivity index (χ0v) is 20.3. The lowest BCUT2D eigenvalue weighted by Gasteiger charge is -2.34. The van der Waals surface area contributed by atoms with E-state index < -0.39 is 41.6 Å². The Kier molecular flexibility index (Phi) is 10.2. The van der Waals surface area contributed by atoms with Crippen molar-refractivity contribution in [3.05, 3.63) is 29.8 Å². The normalized spacial score (nSPS) is 13.0. The monoisotopic (exact) mass is 465 g/mol. The van der Waals surface area contributed by atoms with Crippen molar-refractivity contribution < 1.29 is 33.8 Å². The fraction of sp³-hybridized carbons (Fsp3) is 0.565. The summed E-state index contributed by atoms with van der Waals surface area (Å²) in [6, 6.07) is 3.74. The van der Waals surface area contributed by atoms with Gasteiger partial charge in [0.05, 0.1) is 7.11 Å². The molecule has 10 heteroatoms. The number of amides is 3. The fourth-order valence-electron chi connectivity index (χ4n) is 3.05. The molecule has 0 aliphatic carbocycles. The van der Waals surface area contributed by atoms with Crippen LogP contribution in [0.3, 0.4) is 0 Å². The smallest absolute Gasteiger partial charge is 0.408 e. The van der Waals surface area contributed by atoms with Crippen molar-refractivity contribution in [1.29, 1.82) is 0 Å². The van der Waals surface area contributed by atoms with Gasteiger partial charge >= 0.3 is 12.1 Å². The number of phenolic OH excluding ortho intramolecular Hbond substituents is 1. The molecular formula is C23H35N3O7. The Bertz CT molecular complexity index is 831. The van der Waals surface area contributed by atoms with E-state index in [9.17, 15) is 24.3 Å². The van der Waals surface area contributed by atoms with Gasteiger partial charge in [-0.05, 0) is 51.3 Å². The van der Waals surface area contributed by atoms with Crippen LogP contribution < -0.4 is 10.6 Å². The molecule has 0 saturated heterocycles. The highest BCUT2D eigenvalue weighted by Gasteiger charge is 2.36. The average molecular weight is 466 g/mol. The van der Waals surface area contributed by atoms with Gasteiger partial charge in [0.15, 0.2) is 0 Å². The number of hydrogen-bond donors (Lipinski definition) is 3. The Hall–Kier alpha value is -3.30. The van der Waals surface area contributed by atoms with Gasteiger partial charge in [-0.25, -0.2) is 4.79 Å². The molecule has 33 heavy (non-hydrogen) atoms. The Morgan fingerprint density at radius 2 is 1.67 bits per heavy atom. The molecule has 2 atom stereocenters. The first-order valence-corrected chi connectivity index (χ1v) is 10.7. The van der Waals surface area contributed by atoms with E-state index in [1.807, 2.05) is 0 Å². The molecule has 0 radical (unpaired) electrons. The maximum Gasteiger partial charge on any atom is 0.408 e. The molecule has 3 amide bonds. The van der Waals surface area contributed by atoms with Gasteiger partial charge in [-0.2, -0.15) is 0 Å². The predicted octanol–water partition coefficient (Wildman–Crippen LogP) is 2.12. The summed E-state index contributed by atoms with van der Waals surface area (Å²) in [5, 5.41) is 14.7. The first-order chi connectivity index (χ1) is 15.3. The van der Waals surface area contributed by atoms with Crippen LogP contribution in [0.1, 0.15) is 53.1 Å². The van der Waals surface area contributed by atoms with E-state index in [0.29, 0.717) is 5.56 Å². The molecule has 0 spiro atoms. The van der Waals surface area contributed by atoms with Crippen molar-refractivity contribution in [2.24, 2.45) is 5.92 Å². The number of methoxy groups -OCH3 is 1. The topological polar surface area (TPSA) is 134 Å². The number of benzene rings is 1. The molecule has 1 rings (SSSR count). The minimum atomic E-state index is -1.12. The largest absolute Gasteiger partial charge is 0.508 e. The summed E-state index contributed by atoms with van der Waals surface area (Å²) in [6.07, 6.45) is -0.748. The number of likely N-dealkylation sites (N-methyl/N-ethyl adjacent to an activating group) is 1. The zero-order valence-electron chi connectivity index (χ0n) is 20.3. The molecule has 10 nitrogen and oxygen atoms in total. The molecule has 2 unspecified atom stereocenters. The van der Waals surface area contributed by atoms with Crippen LogP contribution in [0, 0.1) is 5.92 Å². The number of nitrogens with zero attached hydrogens (tertiary/aromatic N) is 1.